The van der Waals surface area contributed by atoms with Crippen LogP contribution in [0.1, 0.15) is 15.9 Å². The second kappa shape index (κ2) is 7.49. The predicted octanol–water partition coefficient (Wildman–Crippen LogP) is 4.28. The summed E-state index contributed by atoms with van der Waals surface area (Å²) in [5, 5.41) is 11.6. The van der Waals surface area contributed by atoms with E-state index in [2.05, 4.69) is 20.5 Å². The molecule has 0 aliphatic rings. The molecule has 2 aromatic carbocycles. The Labute approximate surface area is 176 Å². The summed E-state index contributed by atoms with van der Waals surface area (Å²) in [5.41, 5.74) is 3.92. The number of hydrogen-bond donors (Lipinski definition) is 1. The highest BCUT2D eigenvalue weighted by Crippen LogP contribution is 2.26. The number of anilines is 1. The van der Waals surface area contributed by atoms with Crippen LogP contribution < -0.4 is 5.32 Å². The number of benzene rings is 2. The van der Waals surface area contributed by atoms with Gasteiger partial charge in [-0.05, 0) is 31.2 Å². The van der Waals surface area contributed by atoms with Gasteiger partial charge in [-0.1, -0.05) is 35.9 Å². The number of rotatable bonds is 4. The largest absolute Gasteiger partial charge is 0.306 e. The minimum atomic E-state index is -0.394. The summed E-state index contributed by atoms with van der Waals surface area (Å²) >= 11 is 0. The molecular formula is C23H17FN6O. The van der Waals surface area contributed by atoms with Gasteiger partial charge in [0.1, 0.15) is 17.2 Å². The Hall–Kier alpha value is -4.33. The molecule has 0 radical (unpaired) electrons. The molecule has 0 spiro atoms. The molecule has 31 heavy (non-hydrogen) atoms. The molecule has 8 heteroatoms. The summed E-state index contributed by atoms with van der Waals surface area (Å²) < 4.78 is 16.9. The van der Waals surface area contributed by atoms with Crippen molar-refractivity contribution in [2.24, 2.45) is 0 Å². The van der Waals surface area contributed by atoms with Crippen LogP contribution >= 0.6 is 0 Å². The van der Waals surface area contributed by atoms with Crippen molar-refractivity contribution in [3.8, 4) is 16.9 Å². The van der Waals surface area contributed by atoms with E-state index in [4.69, 9.17) is 0 Å². The maximum atomic E-state index is 13.9. The second-order valence-electron chi connectivity index (χ2n) is 7.07. The van der Waals surface area contributed by atoms with Crippen molar-refractivity contribution in [2.75, 3.05) is 5.32 Å². The molecular weight excluding hydrogens is 395 g/mol. The number of carbonyl (C=O) groups excluding carboxylic acids is 1. The van der Waals surface area contributed by atoms with Crippen molar-refractivity contribution in [3.05, 3.63) is 96.2 Å². The molecule has 1 amide bonds. The lowest BCUT2D eigenvalue weighted by Gasteiger charge is -2.08. The van der Waals surface area contributed by atoms with Crippen LogP contribution in [0.25, 0.3) is 22.6 Å². The molecule has 3 aromatic heterocycles. The number of nitrogens with one attached hydrogen (secondary N) is 1. The van der Waals surface area contributed by atoms with E-state index in [-0.39, 0.29) is 5.91 Å². The van der Waals surface area contributed by atoms with E-state index in [9.17, 15) is 9.18 Å². The molecule has 0 atom stereocenters. The lowest BCUT2D eigenvalue weighted by atomic mass is 10.1. The Morgan fingerprint density at radius 2 is 1.90 bits per heavy atom. The van der Waals surface area contributed by atoms with Crippen LogP contribution in [0, 0.1) is 12.7 Å². The molecule has 1 N–H and O–H groups in total. The van der Waals surface area contributed by atoms with E-state index in [1.165, 1.54) is 27.5 Å². The number of halogens is 1. The van der Waals surface area contributed by atoms with Crippen LogP contribution in [0.3, 0.4) is 0 Å². The van der Waals surface area contributed by atoms with Gasteiger partial charge >= 0.3 is 0 Å². The zero-order valence-electron chi connectivity index (χ0n) is 16.5. The minimum Gasteiger partial charge on any atom is -0.306 e. The number of carbonyl (C=O) groups is 1. The van der Waals surface area contributed by atoms with E-state index in [0.29, 0.717) is 28.4 Å². The molecule has 0 fully saturated rings. The van der Waals surface area contributed by atoms with Crippen molar-refractivity contribution < 1.29 is 9.18 Å². The topological polar surface area (TPSA) is 77.1 Å². The van der Waals surface area contributed by atoms with Gasteiger partial charge in [0.25, 0.3) is 5.91 Å². The van der Waals surface area contributed by atoms with Gasteiger partial charge < -0.3 is 5.32 Å². The molecule has 0 unspecified atom stereocenters. The number of amides is 1. The van der Waals surface area contributed by atoms with Gasteiger partial charge in [0, 0.05) is 24.0 Å². The van der Waals surface area contributed by atoms with Gasteiger partial charge in [-0.2, -0.15) is 10.2 Å². The molecule has 5 rings (SSSR count). The van der Waals surface area contributed by atoms with Gasteiger partial charge in [-0.25, -0.2) is 18.6 Å². The SMILES string of the molecule is Cc1ccc(-c2cc(NC(=O)c3cnn4cccnc34)n(-c3cccc(F)c3)n2)cc1. The number of nitrogens with zero attached hydrogens (tertiary/aromatic N) is 5. The first kappa shape index (κ1) is 18.7. The molecule has 0 bridgehead atoms. The maximum absolute atomic E-state index is 13.9. The highest BCUT2D eigenvalue weighted by molar-refractivity contribution is 6.08. The first-order valence-corrected chi connectivity index (χ1v) is 9.61. The summed E-state index contributed by atoms with van der Waals surface area (Å²) in [6.45, 7) is 2.01. The first-order valence-electron chi connectivity index (χ1n) is 9.61. The maximum Gasteiger partial charge on any atom is 0.262 e. The molecule has 7 nitrogen and oxygen atoms in total. The fraction of sp³-hybridized carbons (Fsp3) is 0.0435. The Kier molecular flexibility index (Phi) is 4.51. The molecule has 5 aromatic rings. The van der Waals surface area contributed by atoms with Crippen LogP contribution in [0.2, 0.25) is 0 Å². The highest BCUT2D eigenvalue weighted by atomic mass is 19.1. The van der Waals surface area contributed by atoms with E-state index in [1.807, 2.05) is 31.2 Å². The number of fused-ring (bicyclic) bond motifs is 1. The zero-order chi connectivity index (χ0) is 21.4. The van der Waals surface area contributed by atoms with Gasteiger partial charge in [0.15, 0.2) is 5.65 Å². The molecule has 0 saturated carbocycles. The van der Waals surface area contributed by atoms with E-state index >= 15 is 0 Å². The second-order valence-corrected chi connectivity index (χ2v) is 7.07. The van der Waals surface area contributed by atoms with Crippen molar-refractivity contribution in [3.63, 3.8) is 0 Å². The molecule has 152 valence electrons. The van der Waals surface area contributed by atoms with Crippen LogP contribution in [0.4, 0.5) is 10.2 Å². The van der Waals surface area contributed by atoms with Crippen LogP contribution in [0.5, 0.6) is 0 Å². The first-order chi connectivity index (χ1) is 15.1. The van der Waals surface area contributed by atoms with Gasteiger partial charge in [-0.3, -0.25) is 4.79 Å². The normalized spacial score (nSPS) is 11.0. The molecule has 0 aliphatic heterocycles. The lowest BCUT2D eigenvalue weighted by molar-refractivity contribution is 0.102. The Balaban J connectivity index is 1.57. The van der Waals surface area contributed by atoms with Gasteiger partial charge in [0.05, 0.1) is 17.6 Å². The average molecular weight is 412 g/mol. The Morgan fingerprint density at radius 3 is 2.71 bits per heavy atom. The number of hydrogen-bond acceptors (Lipinski definition) is 4. The monoisotopic (exact) mass is 412 g/mol. The lowest BCUT2D eigenvalue weighted by Crippen LogP contribution is -2.15. The van der Waals surface area contributed by atoms with Crippen LogP contribution in [0.15, 0.2) is 79.3 Å². The van der Waals surface area contributed by atoms with Gasteiger partial charge in [0.2, 0.25) is 0 Å². The summed E-state index contributed by atoms with van der Waals surface area (Å²) in [6, 6.07) is 17.4. The van der Waals surface area contributed by atoms with Crippen LogP contribution in [-0.4, -0.2) is 30.3 Å². The number of aryl methyl sites for hydroxylation is 1. The van der Waals surface area contributed by atoms with Crippen molar-refractivity contribution >= 4 is 17.4 Å². The Bertz CT molecular complexity index is 1400. The van der Waals surface area contributed by atoms with E-state index in [1.54, 1.807) is 36.7 Å². The standard InChI is InChI=1S/C23H17FN6O/c1-15-6-8-16(9-7-15)20-13-21(30(28-20)18-5-2-4-17(24)12-18)27-23(31)19-14-26-29-11-3-10-25-22(19)29/h2-14H,1H3,(H,27,31). The molecule has 3 heterocycles. The van der Waals surface area contributed by atoms with Crippen LogP contribution in [-0.2, 0) is 0 Å². The smallest absolute Gasteiger partial charge is 0.262 e. The molecule has 0 saturated heterocycles. The Morgan fingerprint density at radius 1 is 1.06 bits per heavy atom. The fourth-order valence-corrected chi connectivity index (χ4v) is 3.31. The molecule has 0 aliphatic carbocycles. The third-order valence-electron chi connectivity index (χ3n) is 4.87. The third-order valence-corrected chi connectivity index (χ3v) is 4.87. The van der Waals surface area contributed by atoms with Crippen molar-refractivity contribution in [1.82, 2.24) is 24.4 Å². The highest BCUT2D eigenvalue weighted by Gasteiger charge is 2.18. The zero-order valence-corrected chi connectivity index (χ0v) is 16.5. The summed E-state index contributed by atoms with van der Waals surface area (Å²) in [7, 11) is 0. The third kappa shape index (κ3) is 3.55. The quantitative estimate of drug-likeness (QED) is 0.478. The van der Waals surface area contributed by atoms with E-state index in [0.717, 1.165) is 11.1 Å². The minimum absolute atomic E-state index is 0.324. The number of aromatic nitrogens is 5. The van der Waals surface area contributed by atoms with Gasteiger partial charge in [-0.15, -0.1) is 0 Å². The van der Waals surface area contributed by atoms with Crippen molar-refractivity contribution in [2.45, 2.75) is 6.92 Å². The summed E-state index contributed by atoms with van der Waals surface area (Å²) in [6.07, 6.45) is 4.77. The predicted molar refractivity (Wildman–Crippen MR) is 115 cm³/mol. The van der Waals surface area contributed by atoms with E-state index < -0.39 is 5.82 Å². The summed E-state index contributed by atoms with van der Waals surface area (Å²) in [5.74, 6) is -0.378. The fourth-order valence-electron chi connectivity index (χ4n) is 3.31. The van der Waals surface area contributed by atoms with Crippen molar-refractivity contribution in [1.29, 1.82) is 0 Å². The average Bonchev–Trinajstić information content (AvgIpc) is 3.39. The summed E-state index contributed by atoms with van der Waals surface area (Å²) in [4.78, 5) is 17.2.